The van der Waals surface area contributed by atoms with Gasteiger partial charge in [0.1, 0.15) is 5.82 Å². The maximum Gasteiger partial charge on any atom is 0.372 e. The number of nitrogens with one attached hydrogen (secondary N) is 1. The van der Waals surface area contributed by atoms with E-state index in [0.29, 0.717) is 5.82 Å². The summed E-state index contributed by atoms with van der Waals surface area (Å²) in [6, 6.07) is 0.0905. The van der Waals surface area contributed by atoms with Crippen molar-refractivity contribution in [1.29, 1.82) is 0 Å². The summed E-state index contributed by atoms with van der Waals surface area (Å²) >= 11 is 0. The lowest BCUT2D eigenvalue weighted by atomic mass is 10.2. The largest absolute Gasteiger partial charge is 0.476 e. The first-order valence-electron chi connectivity index (χ1n) is 5.33. The molecule has 17 heavy (non-hydrogen) atoms. The van der Waals surface area contributed by atoms with Crippen LogP contribution in [0.5, 0.6) is 5.88 Å². The lowest BCUT2D eigenvalue weighted by Gasteiger charge is -2.13. The predicted molar refractivity (Wildman–Crippen MR) is 63.4 cm³/mol. The maximum atomic E-state index is 11.0. The van der Waals surface area contributed by atoms with Gasteiger partial charge in [-0.3, -0.25) is 10.1 Å². The van der Waals surface area contributed by atoms with Crippen molar-refractivity contribution in [1.82, 2.24) is 9.97 Å². The number of hydrogen-bond donors (Lipinski definition) is 1. The fourth-order valence-electron chi connectivity index (χ4n) is 1.28. The molecule has 0 saturated heterocycles. The number of nitro groups is 1. The first-order chi connectivity index (χ1) is 7.99. The third-order valence-corrected chi connectivity index (χ3v) is 2.34. The first-order valence-corrected chi connectivity index (χ1v) is 5.33. The minimum atomic E-state index is -0.539. The molecule has 7 nitrogen and oxygen atoms in total. The molecule has 0 aliphatic rings. The summed E-state index contributed by atoms with van der Waals surface area (Å²) in [5.41, 5.74) is -0.224. The van der Waals surface area contributed by atoms with E-state index in [-0.39, 0.29) is 23.4 Å². The number of rotatable bonds is 5. The van der Waals surface area contributed by atoms with Gasteiger partial charge in [0.05, 0.1) is 12.0 Å². The van der Waals surface area contributed by atoms with E-state index in [2.05, 4.69) is 15.3 Å². The second-order valence-electron chi connectivity index (χ2n) is 3.69. The monoisotopic (exact) mass is 240 g/mol. The molecule has 1 heterocycles. The Bertz CT molecular complexity index is 422. The quantitative estimate of drug-likeness (QED) is 0.624. The number of hydrogen-bond acceptors (Lipinski definition) is 6. The standard InChI is InChI=1S/C10H16N4O3/c1-5-6(2)11-9-8(14(15)16)10(17-4)13-7(3)12-9/h6H,5H2,1-4H3,(H,11,12,13). The highest BCUT2D eigenvalue weighted by Crippen LogP contribution is 2.31. The van der Waals surface area contributed by atoms with Gasteiger partial charge in [0, 0.05) is 6.04 Å². The third kappa shape index (κ3) is 3.02. The molecule has 0 amide bonds. The number of methoxy groups -OCH3 is 1. The van der Waals surface area contributed by atoms with E-state index < -0.39 is 4.92 Å². The highest BCUT2D eigenvalue weighted by Gasteiger charge is 2.25. The minimum absolute atomic E-state index is 0.0201. The first kappa shape index (κ1) is 13.1. The van der Waals surface area contributed by atoms with Gasteiger partial charge in [-0.25, -0.2) is 4.98 Å². The summed E-state index contributed by atoms with van der Waals surface area (Å²) in [4.78, 5) is 18.4. The number of nitrogens with zero attached hydrogens (tertiary/aromatic N) is 3. The molecule has 1 N–H and O–H groups in total. The van der Waals surface area contributed by atoms with Crippen molar-refractivity contribution < 1.29 is 9.66 Å². The van der Waals surface area contributed by atoms with E-state index in [0.717, 1.165) is 6.42 Å². The van der Waals surface area contributed by atoms with Crippen LogP contribution >= 0.6 is 0 Å². The molecule has 0 bridgehead atoms. The summed E-state index contributed by atoms with van der Waals surface area (Å²) in [5, 5.41) is 14.0. The smallest absolute Gasteiger partial charge is 0.372 e. The van der Waals surface area contributed by atoms with E-state index in [9.17, 15) is 10.1 Å². The highest BCUT2D eigenvalue weighted by molar-refractivity contribution is 5.62. The van der Waals surface area contributed by atoms with Crippen LogP contribution in [0, 0.1) is 17.0 Å². The van der Waals surface area contributed by atoms with E-state index in [1.807, 2.05) is 13.8 Å². The SMILES string of the molecule is CCC(C)Nc1nc(C)nc(OC)c1[N+](=O)[O-]. The molecule has 94 valence electrons. The average Bonchev–Trinajstić information content (AvgIpc) is 2.27. The van der Waals surface area contributed by atoms with Gasteiger partial charge < -0.3 is 10.1 Å². The molecule has 1 aromatic rings. The van der Waals surface area contributed by atoms with Gasteiger partial charge in [-0.15, -0.1) is 0 Å². The zero-order chi connectivity index (χ0) is 13.0. The molecular weight excluding hydrogens is 224 g/mol. The third-order valence-electron chi connectivity index (χ3n) is 2.34. The Morgan fingerprint density at radius 3 is 2.65 bits per heavy atom. The molecule has 1 unspecified atom stereocenters. The highest BCUT2D eigenvalue weighted by atomic mass is 16.6. The van der Waals surface area contributed by atoms with Crippen LogP contribution in [0.1, 0.15) is 26.1 Å². The van der Waals surface area contributed by atoms with Gasteiger partial charge in [0.2, 0.25) is 5.82 Å². The second-order valence-corrected chi connectivity index (χ2v) is 3.69. The van der Waals surface area contributed by atoms with E-state index in [1.54, 1.807) is 6.92 Å². The molecule has 1 rings (SSSR count). The molecule has 0 fully saturated rings. The Morgan fingerprint density at radius 2 is 2.18 bits per heavy atom. The Balaban J connectivity index is 3.25. The number of aromatic nitrogens is 2. The van der Waals surface area contributed by atoms with Crippen molar-refractivity contribution in [2.24, 2.45) is 0 Å². The molecule has 0 spiro atoms. The zero-order valence-electron chi connectivity index (χ0n) is 10.4. The van der Waals surface area contributed by atoms with Crippen LogP contribution in [-0.2, 0) is 0 Å². The molecule has 1 aromatic heterocycles. The van der Waals surface area contributed by atoms with Crippen molar-refractivity contribution in [3.05, 3.63) is 15.9 Å². The van der Waals surface area contributed by atoms with Crippen molar-refractivity contribution in [2.75, 3.05) is 12.4 Å². The van der Waals surface area contributed by atoms with Crippen molar-refractivity contribution in [2.45, 2.75) is 33.2 Å². The second kappa shape index (κ2) is 5.42. The topological polar surface area (TPSA) is 90.2 Å². The molecule has 1 atom stereocenters. The van der Waals surface area contributed by atoms with Crippen LogP contribution in [0.3, 0.4) is 0 Å². The van der Waals surface area contributed by atoms with Crippen LogP contribution in [-0.4, -0.2) is 28.0 Å². The molecule has 0 aromatic carbocycles. The summed E-state index contributed by atoms with van der Waals surface area (Å²) < 4.78 is 4.91. The van der Waals surface area contributed by atoms with Gasteiger partial charge in [-0.05, 0) is 20.3 Å². The molecular formula is C10H16N4O3. The van der Waals surface area contributed by atoms with Crippen LogP contribution in [0.25, 0.3) is 0 Å². The molecule has 0 saturated carbocycles. The van der Waals surface area contributed by atoms with E-state index >= 15 is 0 Å². The summed E-state index contributed by atoms with van der Waals surface area (Å²) in [5.74, 6) is 0.611. The predicted octanol–water partition coefficient (Wildman–Crippen LogP) is 1.91. The maximum absolute atomic E-state index is 11.0. The van der Waals surface area contributed by atoms with E-state index in [1.165, 1.54) is 7.11 Å². The van der Waals surface area contributed by atoms with Crippen molar-refractivity contribution >= 4 is 11.5 Å². The van der Waals surface area contributed by atoms with Crippen molar-refractivity contribution in [3.63, 3.8) is 0 Å². The molecule has 0 aliphatic heterocycles. The van der Waals surface area contributed by atoms with Gasteiger partial charge in [0.15, 0.2) is 0 Å². The fourth-order valence-corrected chi connectivity index (χ4v) is 1.28. The van der Waals surface area contributed by atoms with Crippen LogP contribution in [0.4, 0.5) is 11.5 Å². The molecule has 0 radical (unpaired) electrons. The van der Waals surface area contributed by atoms with Crippen LogP contribution in [0.15, 0.2) is 0 Å². The fraction of sp³-hybridized carbons (Fsp3) is 0.600. The van der Waals surface area contributed by atoms with Gasteiger partial charge >= 0.3 is 5.69 Å². The molecule has 7 heteroatoms. The Labute approximate surface area is 99.4 Å². The van der Waals surface area contributed by atoms with E-state index in [4.69, 9.17) is 4.74 Å². The average molecular weight is 240 g/mol. The summed E-state index contributed by atoms with van der Waals surface area (Å²) in [6.45, 7) is 5.57. The normalized spacial score (nSPS) is 12.0. The number of anilines is 1. The summed E-state index contributed by atoms with van der Waals surface area (Å²) in [6.07, 6.45) is 0.836. The zero-order valence-corrected chi connectivity index (χ0v) is 10.4. The number of ether oxygens (including phenoxy) is 1. The lowest BCUT2D eigenvalue weighted by Crippen LogP contribution is -2.17. The van der Waals surface area contributed by atoms with Crippen LogP contribution < -0.4 is 10.1 Å². The lowest BCUT2D eigenvalue weighted by molar-refractivity contribution is -0.385. The minimum Gasteiger partial charge on any atom is -0.476 e. The summed E-state index contributed by atoms with van der Waals surface area (Å²) in [7, 11) is 1.35. The Hall–Kier alpha value is -1.92. The van der Waals surface area contributed by atoms with Gasteiger partial charge in [-0.1, -0.05) is 6.92 Å². The van der Waals surface area contributed by atoms with Gasteiger partial charge in [0.25, 0.3) is 5.88 Å². The van der Waals surface area contributed by atoms with Gasteiger partial charge in [-0.2, -0.15) is 4.98 Å². The number of aryl methyl sites for hydroxylation is 1. The Kier molecular flexibility index (Phi) is 4.19. The van der Waals surface area contributed by atoms with Crippen molar-refractivity contribution in [3.8, 4) is 5.88 Å². The molecule has 0 aliphatic carbocycles. The Morgan fingerprint density at radius 1 is 1.53 bits per heavy atom. The van der Waals surface area contributed by atoms with Crippen LogP contribution in [0.2, 0.25) is 0 Å².